The molecule has 0 saturated heterocycles. The van der Waals surface area contributed by atoms with Crippen LogP contribution < -0.4 is 4.74 Å². The molecule has 74 valence electrons. The number of rotatable bonds is 2. The normalized spacial score (nSPS) is 10.8. The molecule has 0 bridgehead atoms. The Morgan fingerprint density at radius 1 is 1.43 bits per heavy atom. The lowest BCUT2D eigenvalue weighted by atomic mass is 10.1. The monoisotopic (exact) mass is 318 g/mol. The molecule has 0 aliphatic heterocycles. The second-order valence-corrected chi connectivity index (χ2v) is 5.17. The lowest BCUT2D eigenvalue weighted by Gasteiger charge is -2.06. The van der Waals surface area contributed by atoms with Crippen LogP contribution in [0.1, 0.15) is 12.5 Å². The van der Waals surface area contributed by atoms with E-state index in [2.05, 4.69) is 47.0 Å². The predicted molar refractivity (Wildman–Crippen MR) is 70.5 cm³/mol. The predicted octanol–water partition coefficient (Wildman–Crippen LogP) is 4.08. The number of fused-ring (bicyclic) bond motifs is 1. The van der Waals surface area contributed by atoms with Gasteiger partial charge in [0.25, 0.3) is 0 Å². The van der Waals surface area contributed by atoms with Crippen molar-refractivity contribution in [1.82, 2.24) is 0 Å². The smallest absolute Gasteiger partial charge is 0.122 e. The van der Waals surface area contributed by atoms with E-state index in [1.165, 1.54) is 19.2 Å². The standard InChI is InChI=1S/C11H11IOS/c1-3-7-4-11-8(5-10(7)13-2)9(12)6-14-11/h4-6H,3H2,1-2H3. The van der Waals surface area contributed by atoms with Gasteiger partial charge in [0.15, 0.2) is 0 Å². The molecule has 0 spiro atoms. The topological polar surface area (TPSA) is 9.23 Å². The van der Waals surface area contributed by atoms with E-state index >= 15 is 0 Å². The minimum atomic E-state index is 1.01. The van der Waals surface area contributed by atoms with Crippen molar-refractivity contribution in [1.29, 1.82) is 0 Å². The third-order valence-electron chi connectivity index (χ3n) is 2.31. The Bertz CT molecular complexity index is 462. The zero-order valence-corrected chi connectivity index (χ0v) is 11.1. The summed E-state index contributed by atoms with van der Waals surface area (Å²) < 4.78 is 8.03. The zero-order chi connectivity index (χ0) is 10.1. The molecule has 0 aliphatic carbocycles. The van der Waals surface area contributed by atoms with Crippen LogP contribution in [0.5, 0.6) is 5.75 Å². The van der Waals surface area contributed by atoms with Crippen LogP contribution in [0.3, 0.4) is 0 Å². The molecule has 0 aliphatic rings. The Balaban J connectivity index is 2.71. The van der Waals surface area contributed by atoms with Crippen LogP contribution in [0.2, 0.25) is 0 Å². The number of benzene rings is 1. The molecule has 0 amide bonds. The summed E-state index contributed by atoms with van der Waals surface area (Å²) in [5, 5.41) is 3.49. The van der Waals surface area contributed by atoms with E-state index in [-0.39, 0.29) is 0 Å². The van der Waals surface area contributed by atoms with Gasteiger partial charge in [-0.15, -0.1) is 11.3 Å². The van der Waals surface area contributed by atoms with E-state index in [0.29, 0.717) is 0 Å². The van der Waals surface area contributed by atoms with Crippen LogP contribution >= 0.6 is 33.9 Å². The largest absolute Gasteiger partial charge is 0.496 e. The van der Waals surface area contributed by atoms with E-state index in [0.717, 1.165) is 12.2 Å². The van der Waals surface area contributed by atoms with E-state index in [1.54, 1.807) is 18.4 Å². The molecule has 0 atom stereocenters. The molecule has 1 aromatic heterocycles. The van der Waals surface area contributed by atoms with Gasteiger partial charge in [-0.2, -0.15) is 0 Å². The molecule has 1 aromatic carbocycles. The summed E-state index contributed by atoms with van der Waals surface area (Å²) in [6, 6.07) is 4.38. The molecule has 0 unspecified atom stereocenters. The highest BCUT2D eigenvalue weighted by molar-refractivity contribution is 14.1. The molecule has 0 saturated carbocycles. The SMILES string of the molecule is CCc1cc2scc(I)c2cc1OC. The molecule has 3 heteroatoms. The van der Waals surface area contributed by atoms with E-state index in [1.807, 2.05) is 0 Å². The van der Waals surface area contributed by atoms with Crippen molar-refractivity contribution >= 4 is 44.0 Å². The van der Waals surface area contributed by atoms with Crippen LogP contribution in [0.4, 0.5) is 0 Å². The highest BCUT2D eigenvalue weighted by Crippen LogP contribution is 2.33. The Kier molecular flexibility index (Phi) is 2.97. The van der Waals surface area contributed by atoms with Crippen molar-refractivity contribution < 1.29 is 4.74 Å². The first kappa shape index (κ1) is 10.2. The van der Waals surface area contributed by atoms with Crippen LogP contribution in [-0.2, 0) is 6.42 Å². The molecule has 2 rings (SSSR count). The maximum Gasteiger partial charge on any atom is 0.122 e. The summed E-state index contributed by atoms with van der Waals surface area (Å²) >= 11 is 4.16. The second-order valence-electron chi connectivity index (χ2n) is 3.10. The Hall–Kier alpha value is -0.290. The van der Waals surface area contributed by atoms with Gasteiger partial charge in [-0.3, -0.25) is 0 Å². The summed E-state index contributed by atoms with van der Waals surface area (Å²) in [5.41, 5.74) is 1.29. The summed E-state index contributed by atoms with van der Waals surface area (Å²) in [4.78, 5) is 0. The Morgan fingerprint density at radius 3 is 2.86 bits per heavy atom. The second kappa shape index (κ2) is 4.06. The van der Waals surface area contributed by atoms with E-state index in [9.17, 15) is 0 Å². The zero-order valence-electron chi connectivity index (χ0n) is 8.13. The molecular weight excluding hydrogens is 307 g/mol. The van der Waals surface area contributed by atoms with Crippen molar-refractivity contribution in [3.05, 3.63) is 26.6 Å². The molecule has 1 heterocycles. The van der Waals surface area contributed by atoms with Gasteiger partial charge >= 0.3 is 0 Å². The first-order valence-corrected chi connectivity index (χ1v) is 6.45. The number of methoxy groups -OCH3 is 1. The van der Waals surface area contributed by atoms with Crippen molar-refractivity contribution in [3.63, 3.8) is 0 Å². The van der Waals surface area contributed by atoms with Gasteiger partial charge in [-0.05, 0) is 46.7 Å². The lowest BCUT2D eigenvalue weighted by molar-refractivity contribution is 0.411. The van der Waals surface area contributed by atoms with Gasteiger partial charge in [0.1, 0.15) is 5.75 Å². The third kappa shape index (κ3) is 1.63. The van der Waals surface area contributed by atoms with Crippen molar-refractivity contribution in [2.45, 2.75) is 13.3 Å². The number of hydrogen-bond donors (Lipinski definition) is 0. The fourth-order valence-corrected chi connectivity index (χ4v) is 3.41. The third-order valence-corrected chi connectivity index (χ3v) is 4.57. The molecule has 0 fully saturated rings. The number of halogens is 1. The number of thiophene rings is 1. The maximum atomic E-state index is 5.37. The fraction of sp³-hybridized carbons (Fsp3) is 0.273. The van der Waals surface area contributed by atoms with Gasteiger partial charge in [-0.25, -0.2) is 0 Å². The number of aryl methyl sites for hydroxylation is 1. The lowest BCUT2D eigenvalue weighted by Crippen LogP contribution is -1.89. The minimum Gasteiger partial charge on any atom is -0.496 e. The summed E-state index contributed by atoms with van der Waals surface area (Å²) in [7, 11) is 1.74. The van der Waals surface area contributed by atoms with Gasteiger partial charge in [-0.1, -0.05) is 6.92 Å². The minimum absolute atomic E-state index is 1.01. The van der Waals surface area contributed by atoms with E-state index < -0.39 is 0 Å². The average Bonchev–Trinajstić information content (AvgIpc) is 2.58. The Morgan fingerprint density at radius 2 is 2.21 bits per heavy atom. The van der Waals surface area contributed by atoms with Crippen molar-refractivity contribution in [3.8, 4) is 5.75 Å². The van der Waals surface area contributed by atoms with Crippen LogP contribution in [0, 0.1) is 3.57 Å². The quantitative estimate of drug-likeness (QED) is 0.758. The first-order valence-electron chi connectivity index (χ1n) is 4.50. The first-order chi connectivity index (χ1) is 6.76. The molecule has 1 nitrogen and oxygen atoms in total. The number of hydrogen-bond acceptors (Lipinski definition) is 2. The number of ether oxygens (including phenoxy) is 1. The summed E-state index contributed by atoms with van der Waals surface area (Å²) in [6.45, 7) is 2.16. The fourth-order valence-electron chi connectivity index (χ4n) is 1.53. The molecule has 0 radical (unpaired) electrons. The van der Waals surface area contributed by atoms with Crippen LogP contribution in [-0.4, -0.2) is 7.11 Å². The highest BCUT2D eigenvalue weighted by Gasteiger charge is 2.07. The molecule has 0 N–H and O–H groups in total. The molecule has 14 heavy (non-hydrogen) atoms. The van der Waals surface area contributed by atoms with Gasteiger partial charge in [0, 0.05) is 19.0 Å². The van der Waals surface area contributed by atoms with Gasteiger partial charge < -0.3 is 4.74 Å². The van der Waals surface area contributed by atoms with Crippen molar-refractivity contribution in [2.24, 2.45) is 0 Å². The van der Waals surface area contributed by atoms with Gasteiger partial charge in [0.2, 0.25) is 0 Å². The van der Waals surface area contributed by atoms with Crippen molar-refractivity contribution in [2.75, 3.05) is 7.11 Å². The molecule has 2 aromatic rings. The summed E-state index contributed by atoms with van der Waals surface area (Å²) in [5.74, 6) is 1.01. The molecular formula is C11H11IOS. The van der Waals surface area contributed by atoms with E-state index in [4.69, 9.17) is 4.74 Å². The Labute approximate surface area is 101 Å². The van der Waals surface area contributed by atoms with Crippen LogP contribution in [0.15, 0.2) is 17.5 Å². The maximum absolute atomic E-state index is 5.37. The van der Waals surface area contributed by atoms with Gasteiger partial charge in [0.05, 0.1) is 7.11 Å². The average molecular weight is 318 g/mol. The van der Waals surface area contributed by atoms with Crippen LogP contribution in [0.25, 0.3) is 10.1 Å². The summed E-state index contributed by atoms with van der Waals surface area (Å²) in [6.07, 6.45) is 1.02. The highest BCUT2D eigenvalue weighted by atomic mass is 127.